The molecular formula is C109H118F6O17S5. The molecule has 0 heterocycles. The molecule has 28 heteroatoms. The average molecular weight is 1970 g/mol. The number of aliphatic hydroxyl groups is 1. The maximum absolute atomic E-state index is 13.7. The predicted molar refractivity (Wildman–Crippen MR) is 527 cm³/mol. The van der Waals surface area contributed by atoms with Crippen molar-refractivity contribution in [2.75, 3.05) is 26.4 Å². The minimum Gasteiger partial charge on any atom is -0.744 e. The number of aliphatic hydroxyl groups excluding tert-OH is 1. The van der Waals surface area contributed by atoms with Gasteiger partial charge in [0.1, 0.15) is 64.4 Å². The van der Waals surface area contributed by atoms with Crippen LogP contribution < -0.4 is 27.9 Å². The molecule has 17 nitrogen and oxygen atoms in total. The second kappa shape index (κ2) is 53.5. The van der Waals surface area contributed by atoms with Gasteiger partial charge in [-0.2, -0.15) is 34.8 Å². The van der Waals surface area contributed by atoms with Gasteiger partial charge in [-0.3, -0.25) is 4.79 Å². The molecular weight excluding hydrogens is 1860 g/mol. The Morgan fingerprint density at radius 2 is 0.774 bits per heavy atom. The summed E-state index contributed by atoms with van der Waals surface area (Å²) in [5.74, 6) is -4.19. The van der Waals surface area contributed by atoms with E-state index in [1.54, 1.807) is 6.92 Å². The van der Waals surface area contributed by atoms with Gasteiger partial charge in [-0.15, -0.1) is 0 Å². The predicted octanol–water partition coefficient (Wildman–Crippen LogP) is 26.8. The number of halogens is 6. The summed E-state index contributed by atoms with van der Waals surface area (Å²) in [5, 5.41) is -2.65. The molecule has 1 saturated carbocycles. The van der Waals surface area contributed by atoms with E-state index in [1.165, 1.54) is 126 Å². The van der Waals surface area contributed by atoms with Crippen LogP contribution in [0.3, 0.4) is 0 Å². The summed E-state index contributed by atoms with van der Waals surface area (Å²) in [6.07, 6.45) is 10.3. The van der Waals surface area contributed by atoms with Crippen molar-refractivity contribution in [3.8, 4) is 34.5 Å². The molecule has 1 aliphatic carbocycles. The summed E-state index contributed by atoms with van der Waals surface area (Å²) in [5.41, 5.74) is 6.52. The van der Waals surface area contributed by atoms with Gasteiger partial charge in [-0.05, 0) is 265 Å². The van der Waals surface area contributed by atoms with Gasteiger partial charge in [-0.1, -0.05) is 257 Å². The number of carbonyl (C=O) groups excluding carboxylic acids is 1. The Kier molecular flexibility index (Phi) is 42.6. The van der Waals surface area contributed by atoms with Gasteiger partial charge in [0, 0.05) is 0 Å². The fourth-order valence-electron chi connectivity index (χ4n) is 13.8. The molecule has 13 aromatic rings. The van der Waals surface area contributed by atoms with Crippen LogP contribution in [0.2, 0.25) is 0 Å². The third kappa shape index (κ3) is 32.6. The minimum absolute atomic E-state index is 0.0146. The van der Waals surface area contributed by atoms with Crippen LogP contribution >= 0.6 is 0 Å². The number of alkyl halides is 6. The highest BCUT2D eigenvalue weighted by Crippen LogP contribution is 2.51. The van der Waals surface area contributed by atoms with Crippen molar-refractivity contribution in [3.63, 3.8) is 0 Å². The van der Waals surface area contributed by atoms with Crippen LogP contribution in [0, 0.1) is 5.92 Å². The summed E-state index contributed by atoms with van der Waals surface area (Å²) < 4.78 is 203. The van der Waals surface area contributed by atoms with Crippen molar-refractivity contribution < 1.29 is 103 Å². The van der Waals surface area contributed by atoms with Crippen molar-refractivity contribution in [2.45, 2.75) is 207 Å². The van der Waals surface area contributed by atoms with E-state index >= 15 is 0 Å². The van der Waals surface area contributed by atoms with Crippen molar-refractivity contribution in [1.29, 1.82) is 0 Å². The quantitative estimate of drug-likeness (QED) is 0.00560. The number of carbonyl (C=O) groups is 1. The standard InChI is InChI=1S/C26H36O3.2C18H15S.C17H20O4S.C16H20O2.C14H14F6O8S2/c1-4-20(2)22-10-16-26(17-11-22)29-21(3)27-18-19-28-25-14-12-24(13-15-25)23-8-6-5-7-9-23;2*1-4-10-16(11-5-1)19(17-12-6-2-7-13-17)18-14-8-3-9-15-18;1-3-13(2)15-6-4-14(5-7-15)12-21-16-8-10-17(11-9-16)22(18,19)20;1-3-12(2)13-4-5-15-11-16(18-9-8-17)7-6-14(15)10-13;1-3-8(2)11(21)27-9-4-6-10(7-5-9)28-30(25,26)14(19,20)12(15,16)13(17,18)29(22,23)24/h10-17,20-21,23H,4-9,18-19H2,1-3H3;2*1-15H;4-11,13H,3,12H2,1-2H3,(H,18,19,20);4-7,10-12,17H,3,8-9H2,1-2H3;4-8H,3H2,1-2H3,(H,22,23,24)/q;2*+1;;;/p-2. The molecule has 728 valence electrons. The molecule has 0 spiro atoms. The Morgan fingerprint density at radius 3 is 1.20 bits per heavy atom. The molecule has 0 saturated heterocycles. The first-order chi connectivity index (χ1) is 65.5. The number of esters is 1. The zero-order chi connectivity index (χ0) is 99.2. The number of hydrogen-bond acceptors (Lipinski definition) is 17. The molecule has 14 rings (SSSR count). The molecule has 5 unspecified atom stereocenters. The van der Waals surface area contributed by atoms with E-state index in [0.29, 0.717) is 68.5 Å². The third-order valence-corrected chi connectivity index (χ3v) is 30.1. The van der Waals surface area contributed by atoms with Crippen LogP contribution in [-0.2, 0) is 68.3 Å². The lowest BCUT2D eigenvalue weighted by Crippen LogP contribution is -2.61. The molecule has 5 atom stereocenters. The van der Waals surface area contributed by atoms with E-state index in [2.05, 4.69) is 301 Å². The summed E-state index contributed by atoms with van der Waals surface area (Å²) in [7, 11) is -18.8. The van der Waals surface area contributed by atoms with E-state index in [0.717, 1.165) is 60.1 Å². The topological polar surface area (TPSA) is 250 Å². The first-order valence-electron chi connectivity index (χ1n) is 45.3. The lowest BCUT2D eigenvalue weighted by Gasteiger charge is -2.32. The van der Waals surface area contributed by atoms with E-state index in [-0.39, 0.29) is 45.3 Å². The van der Waals surface area contributed by atoms with Crippen LogP contribution in [0.5, 0.6) is 34.5 Å². The second-order valence-corrected chi connectivity index (χ2v) is 40.8. The molecule has 0 aliphatic heterocycles. The zero-order valence-corrected chi connectivity index (χ0v) is 82.1. The minimum atomic E-state index is -7.38. The Morgan fingerprint density at radius 1 is 0.401 bits per heavy atom. The van der Waals surface area contributed by atoms with Crippen LogP contribution in [0.1, 0.15) is 172 Å². The lowest BCUT2D eigenvalue weighted by atomic mass is 9.84. The number of rotatable bonds is 36. The highest BCUT2D eigenvalue weighted by molar-refractivity contribution is 7.97. The number of fused-ring (bicyclic) bond motifs is 1. The van der Waals surface area contributed by atoms with Crippen LogP contribution in [0.4, 0.5) is 26.3 Å². The number of ether oxygens (including phenoxy) is 6. The van der Waals surface area contributed by atoms with Gasteiger partial charge in [-0.25, -0.2) is 16.8 Å². The smallest absolute Gasteiger partial charge is 0.450 e. The van der Waals surface area contributed by atoms with E-state index in [4.69, 9.17) is 33.5 Å². The van der Waals surface area contributed by atoms with Crippen molar-refractivity contribution in [2.24, 2.45) is 5.92 Å². The fraction of sp³-hybridized carbons (Fsp3) is 0.294. The third-order valence-electron chi connectivity index (χ3n) is 22.6. The summed E-state index contributed by atoms with van der Waals surface area (Å²) in [4.78, 5) is 19.5. The Bertz CT molecular complexity index is 5810. The highest BCUT2D eigenvalue weighted by atomic mass is 32.2. The van der Waals surface area contributed by atoms with E-state index in [9.17, 15) is 65.5 Å². The van der Waals surface area contributed by atoms with Gasteiger partial charge < -0.3 is 46.8 Å². The van der Waals surface area contributed by atoms with Gasteiger partial charge in [0.2, 0.25) is 0 Å². The number of hydrogen-bond donors (Lipinski definition) is 1. The average Bonchev–Trinajstić information content (AvgIpc) is 0.720. The molecule has 1 fully saturated rings. The monoisotopic (exact) mass is 1970 g/mol. The van der Waals surface area contributed by atoms with Crippen molar-refractivity contribution >= 4 is 68.9 Å². The molecule has 0 aromatic heterocycles. The van der Waals surface area contributed by atoms with E-state index < -0.39 is 64.4 Å². The molecule has 0 bridgehead atoms. The highest BCUT2D eigenvalue weighted by Gasteiger charge is 2.81. The Balaban J connectivity index is 0.000000186. The van der Waals surface area contributed by atoms with Gasteiger partial charge in [0.05, 0.1) is 45.8 Å². The zero-order valence-electron chi connectivity index (χ0n) is 78.0. The Labute approximate surface area is 808 Å². The molecule has 0 amide bonds. The largest absolute Gasteiger partial charge is 0.744 e. The number of benzene rings is 13. The molecule has 1 aliphatic rings. The SMILES string of the molecule is CCC(C)C(=O)Oc1ccc(OS(=O)(=O)C(F)(F)C(F)(F)C(F)(F)S(=O)(=O)[O-])cc1.CCC(C)c1ccc(COc2ccc(S(=O)(=O)[O-])cc2)cc1.CCC(C)c1ccc(OC(C)OCCOc2ccc(C3CCCCC3)cc2)cc1.CCC(C)c1ccc2cc(OCCO)ccc2c1.c1ccc([S+](c2ccccc2)c2ccccc2)cc1.c1ccc([S+](c2ccccc2)c2ccccc2)cc1. The van der Waals surface area contributed by atoms with Crippen LogP contribution in [0.25, 0.3) is 10.8 Å². The lowest BCUT2D eigenvalue weighted by molar-refractivity contribution is -0.247. The van der Waals surface area contributed by atoms with Crippen LogP contribution in [0.15, 0.2) is 374 Å². The first-order valence-corrected chi connectivity index (χ1v) is 52.0. The summed E-state index contributed by atoms with van der Waals surface area (Å²) in [6, 6.07) is 110. The first kappa shape index (κ1) is 109. The summed E-state index contributed by atoms with van der Waals surface area (Å²) in [6.45, 7) is 20.2. The Hall–Kier alpha value is -11.4. The van der Waals surface area contributed by atoms with Crippen molar-refractivity contribution in [3.05, 3.63) is 368 Å². The fourth-order valence-corrected chi connectivity index (χ4v) is 19.9. The maximum atomic E-state index is 13.7. The van der Waals surface area contributed by atoms with Gasteiger partial charge in [0.15, 0.2) is 45.8 Å². The van der Waals surface area contributed by atoms with Gasteiger partial charge >= 0.3 is 32.5 Å². The molecule has 0 radical (unpaired) electrons. The normalized spacial score (nSPS) is 13.5. The summed E-state index contributed by atoms with van der Waals surface area (Å²) >= 11 is 0. The van der Waals surface area contributed by atoms with Crippen molar-refractivity contribution in [1.82, 2.24) is 0 Å². The van der Waals surface area contributed by atoms with Gasteiger partial charge in [0.25, 0.3) is 0 Å². The van der Waals surface area contributed by atoms with E-state index in [1.807, 2.05) is 43.3 Å². The van der Waals surface area contributed by atoms with Crippen LogP contribution in [-0.4, -0.2) is 94.6 Å². The second-order valence-electron chi connectivity index (χ2n) is 32.4. The maximum Gasteiger partial charge on any atom is 0.450 e. The molecule has 137 heavy (non-hydrogen) atoms. The molecule has 13 aromatic carbocycles. The molecule has 1 N–H and O–H groups in total.